The van der Waals surface area contributed by atoms with E-state index in [4.69, 9.17) is 11.6 Å². The number of aliphatic hydroxyl groups is 1. The van der Waals surface area contributed by atoms with Crippen LogP contribution in [-0.2, 0) is 5.60 Å². The van der Waals surface area contributed by atoms with Crippen molar-refractivity contribution in [2.45, 2.75) is 44.4 Å². The Morgan fingerprint density at radius 3 is 2.50 bits per heavy atom. The lowest BCUT2D eigenvalue weighted by molar-refractivity contribution is -0.0197. The van der Waals surface area contributed by atoms with Crippen LogP contribution in [0.4, 0.5) is 0 Å². The van der Waals surface area contributed by atoms with E-state index in [-0.39, 0.29) is 0 Å². The third kappa shape index (κ3) is 2.40. The van der Waals surface area contributed by atoms with Gasteiger partial charge in [0.25, 0.3) is 0 Å². The van der Waals surface area contributed by atoms with Gasteiger partial charge >= 0.3 is 0 Å². The molecule has 2 atom stereocenters. The number of hydrogen-bond acceptors (Lipinski definition) is 2. The van der Waals surface area contributed by atoms with Crippen LogP contribution < -0.4 is 5.32 Å². The maximum absolute atomic E-state index is 10.7. The van der Waals surface area contributed by atoms with Gasteiger partial charge in [0.2, 0.25) is 0 Å². The Labute approximate surface area is 102 Å². The lowest BCUT2D eigenvalue weighted by Gasteiger charge is -2.40. The molecule has 0 spiro atoms. The molecule has 1 aromatic carbocycles. The molecule has 1 aromatic rings. The molecular weight excluding hydrogens is 222 g/mol. The molecule has 0 amide bonds. The Morgan fingerprint density at radius 1 is 1.31 bits per heavy atom. The normalized spacial score (nSPS) is 35.0. The second kappa shape index (κ2) is 4.36. The van der Waals surface area contributed by atoms with Crippen LogP contribution in [0.5, 0.6) is 0 Å². The Morgan fingerprint density at radius 2 is 1.94 bits per heavy atom. The highest BCUT2D eigenvalue weighted by atomic mass is 35.5. The molecule has 2 nitrogen and oxygen atoms in total. The maximum atomic E-state index is 10.7. The monoisotopic (exact) mass is 239 g/mol. The van der Waals surface area contributed by atoms with Crippen LogP contribution in [0.15, 0.2) is 24.3 Å². The molecular formula is C13H18ClNO. The van der Waals surface area contributed by atoms with Crippen LogP contribution in [0.3, 0.4) is 0 Å². The van der Waals surface area contributed by atoms with Gasteiger partial charge in [-0.2, -0.15) is 0 Å². The third-order valence-corrected chi connectivity index (χ3v) is 3.45. The fraction of sp³-hybridized carbons (Fsp3) is 0.538. The molecule has 0 saturated carbocycles. The molecule has 3 heteroatoms. The first kappa shape index (κ1) is 11.9. The smallest absolute Gasteiger partial charge is 0.0926 e. The van der Waals surface area contributed by atoms with E-state index in [1.807, 2.05) is 24.3 Å². The number of hydrogen-bond donors (Lipinski definition) is 2. The van der Waals surface area contributed by atoms with Crippen LogP contribution in [0, 0.1) is 0 Å². The highest BCUT2D eigenvalue weighted by molar-refractivity contribution is 6.30. The van der Waals surface area contributed by atoms with Crippen LogP contribution in [0.25, 0.3) is 0 Å². The molecule has 2 unspecified atom stereocenters. The summed E-state index contributed by atoms with van der Waals surface area (Å²) in [6, 6.07) is 8.21. The van der Waals surface area contributed by atoms with Gasteiger partial charge in [0, 0.05) is 17.1 Å². The standard InChI is InChI=1S/C13H18ClNO/c1-9-7-13(16,8-10(2)15-9)11-4-3-5-12(14)6-11/h3-6,9-10,15-16H,7-8H2,1-2H3. The van der Waals surface area contributed by atoms with Crippen LogP contribution in [-0.4, -0.2) is 17.2 Å². The van der Waals surface area contributed by atoms with Crippen molar-refractivity contribution in [3.8, 4) is 0 Å². The zero-order valence-electron chi connectivity index (χ0n) is 9.70. The van der Waals surface area contributed by atoms with Gasteiger partial charge in [-0.1, -0.05) is 23.7 Å². The van der Waals surface area contributed by atoms with Crippen LogP contribution in [0.1, 0.15) is 32.3 Å². The van der Waals surface area contributed by atoms with Crippen molar-refractivity contribution < 1.29 is 5.11 Å². The number of rotatable bonds is 1. The van der Waals surface area contributed by atoms with Gasteiger partial charge in [-0.25, -0.2) is 0 Å². The Bertz CT molecular complexity index is 370. The topological polar surface area (TPSA) is 32.3 Å². The molecule has 2 N–H and O–H groups in total. The van der Waals surface area contributed by atoms with Gasteiger partial charge in [0.05, 0.1) is 5.60 Å². The van der Waals surface area contributed by atoms with E-state index in [9.17, 15) is 5.11 Å². The summed E-state index contributed by atoms with van der Waals surface area (Å²) in [7, 11) is 0. The molecule has 1 aliphatic heterocycles. The van der Waals surface area contributed by atoms with Crippen molar-refractivity contribution in [3.05, 3.63) is 34.9 Å². The zero-order chi connectivity index (χ0) is 11.8. The number of halogens is 1. The van der Waals surface area contributed by atoms with Gasteiger partial charge in [-0.05, 0) is 44.4 Å². The Balaban J connectivity index is 2.30. The summed E-state index contributed by atoms with van der Waals surface area (Å²) in [5.41, 5.74) is 0.190. The van der Waals surface area contributed by atoms with Crippen molar-refractivity contribution in [2.75, 3.05) is 0 Å². The third-order valence-electron chi connectivity index (χ3n) is 3.22. The quantitative estimate of drug-likeness (QED) is 0.790. The summed E-state index contributed by atoms with van der Waals surface area (Å²) in [5, 5.41) is 14.8. The van der Waals surface area contributed by atoms with Crippen molar-refractivity contribution in [3.63, 3.8) is 0 Å². The summed E-state index contributed by atoms with van der Waals surface area (Å²) in [6.45, 7) is 4.20. The van der Waals surface area contributed by atoms with E-state index in [1.54, 1.807) is 0 Å². The zero-order valence-corrected chi connectivity index (χ0v) is 10.5. The predicted octanol–water partition coefficient (Wildman–Crippen LogP) is 2.69. The first-order valence-electron chi connectivity index (χ1n) is 5.74. The highest BCUT2D eigenvalue weighted by Gasteiger charge is 2.37. The summed E-state index contributed by atoms with van der Waals surface area (Å²) >= 11 is 5.97. The molecule has 88 valence electrons. The Kier molecular flexibility index (Phi) is 3.24. The van der Waals surface area contributed by atoms with Crippen LogP contribution >= 0.6 is 11.6 Å². The van der Waals surface area contributed by atoms with Crippen molar-refractivity contribution >= 4 is 11.6 Å². The summed E-state index contributed by atoms with van der Waals surface area (Å²) in [5.74, 6) is 0. The summed E-state index contributed by atoms with van der Waals surface area (Å²) in [6.07, 6.45) is 1.47. The summed E-state index contributed by atoms with van der Waals surface area (Å²) in [4.78, 5) is 0. The molecule has 1 saturated heterocycles. The van der Waals surface area contributed by atoms with E-state index in [2.05, 4.69) is 19.2 Å². The van der Waals surface area contributed by atoms with E-state index in [0.29, 0.717) is 17.1 Å². The van der Waals surface area contributed by atoms with Gasteiger partial charge in [-0.15, -0.1) is 0 Å². The highest BCUT2D eigenvalue weighted by Crippen LogP contribution is 2.35. The lowest BCUT2D eigenvalue weighted by atomic mass is 9.79. The van der Waals surface area contributed by atoms with Gasteiger partial charge in [-0.3, -0.25) is 0 Å². The van der Waals surface area contributed by atoms with Crippen molar-refractivity contribution in [2.24, 2.45) is 0 Å². The fourth-order valence-electron chi connectivity index (χ4n) is 2.71. The average molecular weight is 240 g/mol. The van der Waals surface area contributed by atoms with E-state index in [1.165, 1.54) is 0 Å². The van der Waals surface area contributed by atoms with E-state index in [0.717, 1.165) is 18.4 Å². The molecule has 0 radical (unpaired) electrons. The molecule has 16 heavy (non-hydrogen) atoms. The second-order valence-electron chi connectivity index (χ2n) is 4.92. The van der Waals surface area contributed by atoms with Crippen molar-refractivity contribution in [1.82, 2.24) is 5.32 Å². The number of benzene rings is 1. The van der Waals surface area contributed by atoms with Gasteiger partial charge in [0.15, 0.2) is 0 Å². The van der Waals surface area contributed by atoms with Gasteiger partial charge in [0.1, 0.15) is 0 Å². The lowest BCUT2D eigenvalue weighted by Crippen LogP contribution is -2.49. The minimum absolute atomic E-state index is 0.327. The first-order valence-corrected chi connectivity index (χ1v) is 6.12. The minimum Gasteiger partial charge on any atom is -0.385 e. The minimum atomic E-state index is -0.741. The molecule has 0 aromatic heterocycles. The molecule has 0 aliphatic carbocycles. The van der Waals surface area contributed by atoms with Crippen molar-refractivity contribution in [1.29, 1.82) is 0 Å². The Hall–Kier alpha value is -0.570. The number of nitrogens with one attached hydrogen (secondary N) is 1. The largest absolute Gasteiger partial charge is 0.385 e. The molecule has 1 fully saturated rings. The molecule has 1 aliphatic rings. The van der Waals surface area contributed by atoms with E-state index >= 15 is 0 Å². The van der Waals surface area contributed by atoms with E-state index < -0.39 is 5.60 Å². The average Bonchev–Trinajstić information content (AvgIpc) is 2.15. The second-order valence-corrected chi connectivity index (χ2v) is 5.36. The molecule has 0 bridgehead atoms. The maximum Gasteiger partial charge on any atom is 0.0926 e. The summed E-state index contributed by atoms with van der Waals surface area (Å²) < 4.78 is 0. The van der Waals surface area contributed by atoms with Crippen LogP contribution in [0.2, 0.25) is 5.02 Å². The first-order chi connectivity index (χ1) is 7.49. The fourth-order valence-corrected chi connectivity index (χ4v) is 2.90. The molecule has 2 rings (SSSR count). The SMILES string of the molecule is CC1CC(O)(c2cccc(Cl)c2)CC(C)N1. The number of piperidine rings is 1. The van der Waals surface area contributed by atoms with Gasteiger partial charge < -0.3 is 10.4 Å². The predicted molar refractivity (Wildman–Crippen MR) is 66.6 cm³/mol. The molecule has 1 heterocycles.